The predicted molar refractivity (Wildman–Crippen MR) is 89.2 cm³/mol. The minimum atomic E-state index is -0.131. The van der Waals surface area contributed by atoms with Gasteiger partial charge in [-0.1, -0.05) is 25.0 Å². The van der Waals surface area contributed by atoms with E-state index in [4.69, 9.17) is 0 Å². The molecule has 1 aliphatic rings. The van der Waals surface area contributed by atoms with Crippen molar-refractivity contribution in [3.63, 3.8) is 0 Å². The minimum absolute atomic E-state index is 0.131. The van der Waals surface area contributed by atoms with E-state index >= 15 is 0 Å². The fourth-order valence-corrected chi connectivity index (χ4v) is 2.87. The first kappa shape index (κ1) is 14.6. The van der Waals surface area contributed by atoms with Crippen LogP contribution in [0.25, 0.3) is 0 Å². The zero-order valence-electron chi connectivity index (χ0n) is 12.8. The first-order valence-corrected chi connectivity index (χ1v) is 7.80. The van der Waals surface area contributed by atoms with Crippen molar-refractivity contribution in [1.29, 1.82) is 0 Å². The number of amides is 1. The molecule has 0 spiro atoms. The van der Waals surface area contributed by atoms with Crippen LogP contribution >= 0.6 is 0 Å². The maximum absolute atomic E-state index is 12.3. The Hall–Kier alpha value is -2.36. The Bertz CT molecular complexity index is 663. The quantitative estimate of drug-likeness (QED) is 0.896. The van der Waals surface area contributed by atoms with Gasteiger partial charge in [-0.05, 0) is 43.5 Å². The van der Waals surface area contributed by atoms with Gasteiger partial charge in [-0.25, -0.2) is 0 Å². The second kappa shape index (κ2) is 6.60. The van der Waals surface area contributed by atoms with Gasteiger partial charge < -0.3 is 10.6 Å². The molecule has 0 aliphatic heterocycles. The number of hydrogen-bond donors (Lipinski definition) is 2. The lowest BCUT2D eigenvalue weighted by Crippen LogP contribution is -2.16. The molecule has 4 nitrogen and oxygen atoms in total. The summed E-state index contributed by atoms with van der Waals surface area (Å²) in [6.07, 6.45) is 8.32. The summed E-state index contributed by atoms with van der Waals surface area (Å²) in [5, 5.41) is 6.38. The van der Waals surface area contributed by atoms with Crippen molar-refractivity contribution >= 4 is 17.3 Å². The number of hydrogen-bond acceptors (Lipinski definition) is 3. The smallest absolute Gasteiger partial charge is 0.257 e. The summed E-state index contributed by atoms with van der Waals surface area (Å²) in [4.78, 5) is 16.5. The van der Waals surface area contributed by atoms with Gasteiger partial charge in [0, 0.05) is 24.1 Å². The lowest BCUT2D eigenvalue weighted by atomic mass is 10.2. The lowest BCUT2D eigenvalue weighted by Gasteiger charge is -2.14. The molecule has 4 heteroatoms. The van der Waals surface area contributed by atoms with E-state index < -0.39 is 0 Å². The third-order valence-corrected chi connectivity index (χ3v) is 4.00. The van der Waals surface area contributed by atoms with Gasteiger partial charge in [-0.3, -0.25) is 9.78 Å². The predicted octanol–water partition coefficient (Wildman–Crippen LogP) is 4.00. The van der Waals surface area contributed by atoms with E-state index in [0.717, 1.165) is 16.9 Å². The molecule has 114 valence electrons. The maximum Gasteiger partial charge on any atom is 0.257 e. The van der Waals surface area contributed by atoms with E-state index in [2.05, 4.69) is 15.6 Å². The van der Waals surface area contributed by atoms with Crippen molar-refractivity contribution < 1.29 is 4.79 Å². The van der Waals surface area contributed by atoms with E-state index in [1.807, 2.05) is 37.3 Å². The Balaban J connectivity index is 1.69. The summed E-state index contributed by atoms with van der Waals surface area (Å²) in [6.45, 7) is 2.00. The molecule has 2 aromatic rings. The zero-order valence-corrected chi connectivity index (χ0v) is 12.8. The van der Waals surface area contributed by atoms with Crippen molar-refractivity contribution in [2.24, 2.45) is 0 Å². The molecule has 22 heavy (non-hydrogen) atoms. The lowest BCUT2D eigenvalue weighted by molar-refractivity contribution is 0.102. The average molecular weight is 295 g/mol. The average Bonchev–Trinajstić information content (AvgIpc) is 3.00. The van der Waals surface area contributed by atoms with Gasteiger partial charge in [0.15, 0.2) is 0 Å². The van der Waals surface area contributed by atoms with Crippen molar-refractivity contribution in [3.05, 3.63) is 53.9 Å². The van der Waals surface area contributed by atoms with Crippen LogP contribution < -0.4 is 10.6 Å². The number of pyridine rings is 1. The number of aryl methyl sites for hydroxylation is 1. The zero-order chi connectivity index (χ0) is 15.4. The fraction of sp³-hybridized carbons (Fsp3) is 0.333. The first-order chi connectivity index (χ1) is 10.7. The SMILES string of the molecule is Cc1cccc(NC(=O)c2cncc(NC3CCCC3)c2)c1. The highest BCUT2D eigenvalue weighted by molar-refractivity contribution is 6.04. The molecule has 0 atom stereocenters. The molecule has 1 fully saturated rings. The van der Waals surface area contributed by atoms with Gasteiger partial charge in [-0.15, -0.1) is 0 Å². The summed E-state index contributed by atoms with van der Waals surface area (Å²) in [5.41, 5.74) is 3.42. The van der Waals surface area contributed by atoms with Crippen LogP contribution in [0.4, 0.5) is 11.4 Å². The largest absolute Gasteiger partial charge is 0.381 e. The Labute approximate surface area is 131 Å². The first-order valence-electron chi connectivity index (χ1n) is 7.80. The summed E-state index contributed by atoms with van der Waals surface area (Å²) < 4.78 is 0. The van der Waals surface area contributed by atoms with Crippen LogP contribution in [0.5, 0.6) is 0 Å². The number of nitrogens with one attached hydrogen (secondary N) is 2. The topological polar surface area (TPSA) is 54.0 Å². The van der Waals surface area contributed by atoms with Crippen LogP contribution in [0.2, 0.25) is 0 Å². The van der Waals surface area contributed by atoms with E-state index in [1.165, 1.54) is 25.7 Å². The van der Waals surface area contributed by atoms with Crippen molar-refractivity contribution in [2.45, 2.75) is 38.6 Å². The van der Waals surface area contributed by atoms with Crippen LogP contribution in [0.1, 0.15) is 41.6 Å². The van der Waals surface area contributed by atoms with Gasteiger partial charge in [0.05, 0.1) is 11.3 Å². The second-order valence-electron chi connectivity index (χ2n) is 5.91. The molecule has 2 N–H and O–H groups in total. The van der Waals surface area contributed by atoms with E-state index in [-0.39, 0.29) is 5.91 Å². The molecule has 0 bridgehead atoms. The maximum atomic E-state index is 12.3. The highest BCUT2D eigenvalue weighted by Crippen LogP contribution is 2.22. The minimum Gasteiger partial charge on any atom is -0.381 e. The van der Waals surface area contributed by atoms with Gasteiger partial charge in [0.25, 0.3) is 5.91 Å². The molecule has 0 unspecified atom stereocenters. The summed E-state index contributed by atoms with van der Waals surface area (Å²) in [5.74, 6) is -0.131. The Morgan fingerprint density at radius 2 is 1.95 bits per heavy atom. The van der Waals surface area contributed by atoms with Gasteiger partial charge >= 0.3 is 0 Å². The van der Waals surface area contributed by atoms with Crippen molar-refractivity contribution in [3.8, 4) is 0 Å². The van der Waals surface area contributed by atoms with E-state index in [1.54, 1.807) is 12.4 Å². The second-order valence-corrected chi connectivity index (χ2v) is 5.91. The van der Waals surface area contributed by atoms with Gasteiger partial charge in [0.1, 0.15) is 0 Å². The van der Waals surface area contributed by atoms with Crippen LogP contribution in [0.3, 0.4) is 0 Å². The van der Waals surface area contributed by atoms with E-state index in [0.29, 0.717) is 11.6 Å². The number of aromatic nitrogens is 1. The number of carbonyl (C=O) groups is 1. The Kier molecular flexibility index (Phi) is 4.37. The van der Waals surface area contributed by atoms with Crippen LogP contribution in [0.15, 0.2) is 42.7 Å². The highest BCUT2D eigenvalue weighted by atomic mass is 16.1. The molecular weight excluding hydrogens is 274 g/mol. The fourth-order valence-electron chi connectivity index (χ4n) is 2.87. The molecule has 1 aromatic carbocycles. The third-order valence-electron chi connectivity index (χ3n) is 4.00. The third kappa shape index (κ3) is 3.64. The van der Waals surface area contributed by atoms with Crippen LogP contribution in [-0.4, -0.2) is 16.9 Å². The van der Waals surface area contributed by atoms with E-state index in [9.17, 15) is 4.79 Å². The molecule has 1 saturated carbocycles. The summed E-state index contributed by atoms with van der Waals surface area (Å²) >= 11 is 0. The highest BCUT2D eigenvalue weighted by Gasteiger charge is 2.15. The molecule has 1 aromatic heterocycles. The summed E-state index contributed by atoms with van der Waals surface area (Å²) in [6, 6.07) is 10.2. The molecule has 0 saturated heterocycles. The number of nitrogens with zero attached hydrogens (tertiary/aromatic N) is 1. The number of rotatable bonds is 4. The Morgan fingerprint density at radius 1 is 1.14 bits per heavy atom. The number of anilines is 2. The van der Waals surface area contributed by atoms with Crippen LogP contribution in [0, 0.1) is 6.92 Å². The molecule has 1 amide bonds. The number of benzene rings is 1. The van der Waals surface area contributed by atoms with Crippen molar-refractivity contribution in [2.75, 3.05) is 10.6 Å². The van der Waals surface area contributed by atoms with Gasteiger partial charge in [0.2, 0.25) is 0 Å². The molecular formula is C18H21N3O. The molecule has 0 radical (unpaired) electrons. The monoisotopic (exact) mass is 295 g/mol. The standard InChI is InChI=1S/C18H21N3O/c1-13-5-4-8-16(9-13)21-18(22)14-10-17(12-19-11-14)20-15-6-2-3-7-15/h4-5,8-12,15,20H,2-3,6-7H2,1H3,(H,21,22). The van der Waals surface area contributed by atoms with Crippen LogP contribution in [-0.2, 0) is 0 Å². The molecule has 1 aliphatic carbocycles. The van der Waals surface area contributed by atoms with Gasteiger partial charge in [-0.2, -0.15) is 0 Å². The normalized spacial score (nSPS) is 14.8. The number of carbonyl (C=O) groups excluding carboxylic acids is 1. The molecule has 3 rings (SSSR count). The summed E-state index contributed by atoms with van der Waals surface area (Å²) in [7, 11) is 0. The Morgan fingerprint density at radius 3 is 2.73 bits per heavy atom. The van der Waals surface area contributed by atoms with Crippen molar-refractivity contribution in [1.82, 2.24) is 4.98 Å². The molecule has 1 heterocycles.